The number of rotatable bonds is 5. The Morgan fingerprint density at radius 3 is 2.83 bits per heavy atom. The Bertz CT molecular complexity index is 909. The molecular formula is C22H26N4O4. The quantitative estimate of drug-likeness (QED) is 0.776. The van der Waals surface area contributed by atoms with Crippen LogP contribution < -0.4 is 14.8 Å². The van der Waals surface area contributed by atoms with Gasteiger partial charge in [0.1, 0.15) is 5.82 Å². The Hall–Kier alpha value is -2.87. The lowest BCUT2D eigenvalue weighted by molar-refractivity contribution is -0.130. The number of anilines is 1. The molecule has 158 valence electrons. The summed E-state index contributed by atoms with van der Waals surface area (Å²) < 4.78 is 10.8. The summed E-state index contributed by atoms with van der Waals surface area (Å²) in [6.07, 6.45) is 7.17. The number of aliphatic hydroxyl groups is 1. The van der Waals surface area contributed by atoms with E-state index in [0.717, 1.165) is 36.6 Å². The Morgan fingerprint density at radius 2 is 2.00 bits per heavy atom. The van der Waals surface area contributed by atoms with E-state index in [1.165, 1.54) is 0 Å². The number of ether oxygens (including phenoxy) is 2. The van der Waals surface area contributed by atoms with Crippen molar-refractivity contribution in [2.24, 2.45) is 11.8 Å². The van der Waals surface area contributed by atoms with Crippen LogP contribution in [-0.4, -0.2) is 57.9 Å². The number of carbonyl (C=O) groups excluding carboxylic acids is 1. The Morgan fingerprint density at radius 1 is 1.17 bits per heavy atom. The van der Waals surface area contributed by atoms with Crippen molar-refractivity contribution < 1.29 is 19.4 Å². The third-order valence-electron chi connectivity index (χ3n) is 6.46. The van der Waals surface area contributed by atoms with E-state index < -0.39 is 6.10 Å². The first-order chi connectivity index (χ1) is 14.7. The molecule has 8 nitrogen and oxygen atoms in total. The number of aliphatic hydroxyl groups excluding tert-OH is 1. The van der Waals surface area contributed by atoms with Gasteiger partial charge in [0, 0.05) is 31.9 Å². The van der Waals surface area contributed by atoms with Crippen molar-refractivity contribution in [3.63, 3.8) is 0 Å². The molecule has 2 fully saturated rings. The first-order valence-electron chi connectivity index (χ1n) is 10.5. The highest BCUT2D eigenvalue weighted by atomic mass is 16.7. The van der Waals surface area contributed by atoms with Gasteiger partial charge in [-0.15, -0.1) is 0 Å². The number of hydrogen-bond donors (Lipinski definition) is 2. The zero-order valence-electron chi connectivity index (χ0n) is 16.7. The van der Waals surface area contributed by atoms with Crippen LogP contribution in [0, 0.1) is 11.8 Å². The third kappa shape index (κ3) is 3.92. The molecule has 30 heavy (non-hydrogen) atoms. The number of hydrogen-bond acceptors (Lipinski definition) is 7. The molecule has 1 aromatic heterocycles. The highest BCUT2D eigenvalue weighted by Gasteiger charge is 2.42. The van der Waals surface area contributed by atoms with Crippen LogP contribution in [0.2, 0.25) is 0 Å². The van der Waals surface area contributed by atoms with Crippen LogP contribution in [-0.2, 0) is 11.2 Å². The standard InChI is InChI=1S/C22H26N4O4/c27-18-9-16-12-26(11-15(16)8-17(18)25-21-10-23-5-6-24-21)22(28)4-2-14-1-3-19-20(7-14)30-13-29-19/h1,3,5-7,10,15-18,27H,2,4,8-9,11-13H2,(H,24,25)/t15-,16+,17-,18-/m1/s1. The fourth-order valence-electron chi connectivity index (χ4n) is 4.86. The van der Waals surface area contributed by atoms with E-state index in [1.54, 1.807) is 18.6 Å². The van der Waals surface area contributed by atoms with Gasteiger partial charge >= 0.3 is 0 Å². The molecule has 0 radical (unpaired) electrons. The average molecular weight is 410 g/mol. The number of fused-ring (bicyclic) bond motifs is 2. The van der Waals surface area contributed by atoms with Gasteiger partial charge in [-0.3, -0.25) is 9.78 Å². The lowest BCUT2D eigenvalue weighted by Crippen LogP contribution is -2.43. The normalized spacial score (nSPS) is 27.0. The molecule has 1 saturated heterocycles. The molecule has 2 N–H and O–H groups in total. The summed E-state index contributed by atoms with van der Waals surface area (Å²) in [7, 11) is 0. The summed E-state index contributed by atoms with van der Waals surface area (Å²) in [4.78, 5) is 23.1. The summed E-state index contributed by atoms with van der Waals surface area (Å²) in [5, 5.41) is 13.9. The molecule has 2 aromatic rings. The second-order valence-electron chi connectivity index (χ2n) is 8.39. The minimum Gasteiger partial charge on any atom is -0.454 e. The van der Waals surface area contributed by atoms with Crippen molar-refractivity contribution in [2.45, 2.75) is 37.8 Å². The minimum absolute atomic E-state index is 0.0633. The zero-order chi connectivity index (χ0) is 20.5. The van der Waals surface area contributed by atoms with Gasteiger partial charge in [0.25, 0.3) is 0 Å². The molecule has 5 rings (SSSR count). The number of benzene rings is 1. The maximum absolute atomic E-state index is 12.8. The van der Waals surface area contributed by atoms with Crippen LogP contribution >= 0.6 is 0 Å². The zero-order valence-corrected chi connectivity index (χ0v) is 16.7. The molecule has 3 aliphatic rings. The van der Waals surface area contributed by atoms with Crippen LogP contribution in [0.25, 0.3) is 0 Å². The fraction of sp³-hybridized carbons (Fsp3) is 0.500. The van der Waals surface area contributed by atoms with Crippen molar-refractivity contribution in [3.8, 4) is 11.5 Å². The van der Waals surface area contributed by atoms with E-state index in [4.69, 9.17) is 9.47 Å². The number of aryl methyl sites for hydroxylation is 1. The second-order valence-corrected chi connectivity index (χ2v) is 8.39. The maximum Gasteiger partial charge on any atom is 0.231 e. The van der Waals surface area contributed by atoms with Gasteiger partial charge in [0.2, 0.25) is 12.7 Å². The Balaban J connectivity index is 1.15. The molecule has 4 atom stereocenters. The van der Waals surface area contributed by atoms with Crippen molar-refractivity contribution >= 4 is 11.7 Å². The number of aromatic nitrogens is 2. The molecule has 0 unspecified atom stereocenters. The molecule has 1 saturated carbocycles. The molecule has 1 aromatic carbocycles. The molecule has 2 aliphatic heterocycles. The van der Waals surface area contributed by atoms with Crippen molar-refractivity contribution in [1.82, 2.24) is 14.9 Å². The molecule has 8 heteroatoms. The Kier molecular flexibility index (Phi) is 5.16. The summed E-state index contributed by atoms with van der Waals surface area (Å²) in [6.45, 7) is 1.75. The van der Waals surface area contributed by atoms with E-state index in [2.05, 4.69) is 15.3 Å². The summed E-state index contributed by atoms with van der Waals surface area (Å²) in [5.41, 5.74) is 1.08. The smallest absolute Gasteiger partial charge is 0.231 e. The van der Waals surface area contributed by atoms with E-state index in [0.29, 0.717) is 36.9 Å². The van der Waals surface area contributed by atoms with Gasteiger partial charge in [-0.1, -0.05) is 6.07 Å². The number of amides is 1. The Labute approximate surface area is 175 Å². The first kappa shape index (κ1) is 19.1. The lowest BCUT2D eigenvalue weighted by Gasteiger charge is -2.35. The van der Waals surface area contributed by atoms with E-state index >= 15 is 0 Å². The van der Waals surface area contributed by atoms with Gasteiger partial charge in [-0.2, -0.15) is 0 Å². The molecule has 1 aliphatic carbocycles. The largest absolute Gasteiger partial charge is 0.454 e. The van der Waals surface area contributed by atoms with Crippen molar-refractivity contribution in [2.75, 3.05) is 25.2 Å². The summed E-state index contributed by atoms with van der Waals surface area (Å²) >= 11 is 0. The molecule has 3 heterocycles. The van der Waals surface area contributed by atoms with Gasteiger partial charge in [0.15, 0.2) is 11.5 Å². The monoisotopic (exact) mass is 410 g/mol. The van der Waals surface area contributed by atoms with E-state index in [9.17, 15) is 9.90 Å². The molecular weight excluding hydrogens is 384 g/mol. The van der Waals surface area contributed by atoms with Crippen LogP contribution in [0.1, 0.15) is 24.8 Å². The van der Waals surface area contributed by atoms with Crippen molar-refractivity contribution in [3.05, 3.63) is 42.4 Å². The van der Waals surface area contributed by atoms with Gasteiger partial charge < -0.3 is 24.8 Å². The third-order valence-corrected chi connectivity index (χ3v) is 6.46. The van der Waals surface area contributed by atoms with Crippen LogP contribution in [0.4, 0.5) is 5.82 Å². The summed E-state index contributed by atoms with van der Waals surface area (Å²) in [6, 6.07) is 5.78. The number of nitrogens with one attached hydrogen (secondary N) is 1. The van der Waals surface area contributed by atoms with Gasteiger partial charge in [-0.25, -0.2) is 4.98 Å². The number of likely N-dealkylation sites (tertiary alicyclic amines) is 1. The average Bonchev–Trinajstić information content (AvgIpc) is 3.39. The topological polar surface area (TPSA) is 96.8 Å². The van der Waals surface area contributed by atoms with Crippen molar-refractivity contribution in [1.29, 1.82) is 0 Å². The first-order valence-corrected chi connectivity index (χ1v) is 10.5. The van der Waals surface area contributed by atoms with Crippen LogP contribution in [0.3, 0.4) is 0 Å². The highest BCUT2D eigenvalue weighted by molar-refractivity contribution is 5.76. The van der Waals surface area contributed by atoms with E-state index in [1.807, 2.05) is 23.1 Å². The minimum atomic E-state index is -0.447. The molecule has 1 amide bonds. The molecule has 0 spiro atoms. The number of carbonyl (C=O) groups is 1. The van der Waals surface area contributed by atoms with Crippen LogP contribution in [0.5, 0.6) is 11.5 Å². The lowest BCUT2D eigenvalue weighted by atomic mass is 9.77. The van der Waals surface area contributed by atoms with Gasteiger partial charge in [0.05, 0.1) is 18.3 Å². The van der Waals surface area contributed by atoms with Crippen LogP contribution in [0.15, 0.2) is 36.8 Å². The highest BCUT2D eigenvalue weighted by Crippen LogP contribution is 2.38. The fourth-order valence-corrected chi connectivity index (χ4v) is 4.86. The second kappa shape index (κ2) is 8.10. The predicted molar refractivity (Wildman–Crippen MR) is 109 cm³/mol. The predicted octanol–water partition coefficient (Wildman–Crippen LogP) is 1.85. The number of nitrogens with zero attached hydrogens (tertiary/aromatic N) is 3. The maximum atomic E-state index is 12.8. The van der Waals surface area contributed by atoms with Gasteiger partial charge in [-0.05, 0) is 48.8 Å². The van der Waals surface area contributed by atoms with E-state index in [-0.39, 0.29) is 18.7 Å². The summed E-state index contributed by atoms with van der Waals surface area (Å²) in [5.74, 6) is 3.12. The SMILES string of the molecule is O=C(CCc1ccc2c(c1)OCO2)N1C[C@H]2C[C@@H](Nc3cnccn3)[C@H](O)C[C@H]2C1. The molecule has 0 bridgehead atoms.